The van der Waals surface area contributed by atoms with Crippen molar-refractivity contribution in [3.05, 3.63) is 41.5 Å². The molecule has 0 bridgehead atoms. The Kier molecular flexibility index (Phi) is 5.24. The summed E-state index contributed by atoms with van der Waals surface area (Å²) in [7, 11) is 0. The number of halogens is 1. The fourth-order valence-corrected chi connectivity index (χ4v) is 4.37. The van der Waals surface area contributed by atoms with Crippen molar-refractivity contribution in [3.63, 3.8) is 0 Å². The predicted octanol–water partition coefficient (Wildman–Crippen LogP) is 3.79. The molecule has 5 nitrogen and oxygen atoms in total. The molecule has 2 N–H and O–H groups in total. The standard InChI is InChI=1S/C19H23FN4OS/c20-14-7-5-13(6-8-14)17(18(25)21-15-9-10-15)26-19-22-16(23-24-19)11-12-3-1-2-4-12/h5-8,12,15,17H,1-4,9-11H2,(H,21,25)(H,22,23,24). The molecule has 4 rings (SSSR count). The maximum atomic E-state index is 13.3. The summed E-state index contributed by atoms with van der Waals surface area (Å²) in [5.74, 6) is 1.20. The van der Waals surface area contributed by atoms with Gasteiger partial charge in [0.1, 0.15) is 16.9 Å². The molecule has 2 fully saturated rings. The third-order valence-corrected chi connectivity index (χ3v) is 6.14. The van der Waals surface area contributed by atoms with Gasteiger partial charge in [0.25, 0.3) is 0 Å². The fourth-order valence-electron chi connectivity index (χ4n) is 3.43. The van der Waals surface area contributed by atoms with Crippen molar-refractivity contribution in [2.75, 3.05) is 0 Å². The monoisotopic (exact) mass is 374 g/mol. The molecule has 0 saturated heterocycles. The number of carbonyl (C=O) groups excluding carboxylic acids is 1. The van der Waals surface area contributed by atoms with Crippen LogP contribution in [0, 0.1) is 11.7 Å². The molecule has 1 atom stereocenters. The first-order chi connectivity index (χ1) is 12.7. The molecule has 0 aliphatic heterocycles. The van der Waals surface area contributed by atoms with Crippen molar-refractivity contribution in [2.24, 2.45) is 5.92 Å². The van der Waals surface area contributed by atoms with Crippen LogP contribution in [-0.4, -0.2) is 27.1 Å². The molecule has 1 amide bonds. The van der Waals surface area contributed by atoms with Gasteiger partial charge < -0.3 is 5.32 Å². The van der Waals surface area contributed by atoms with E-state index in [1.165, 1.54) is 49.6 Å². The Morgan fingerprint density at radius 2 is 1.96 bits per heavy atom. The van der Waals surface area contributed by atoms with Gasteiger partial charge in [0.05, 0.1) is 0 Å². The van der Waals surface area contributed by atoms with Crippen molar-refractivity contribution in [3.8, 4) is 0 Å². The predicted molar refractivity (Wildman–Crippen MR) is 98.2 cm³/mol. The topological polar surface area (TPSA) is 70.7 Å². The van der Waals surface area contributed by atoms with Crippen LogP contribution in [0.25, 0.3) is 0 Å². The smallest absolute Gasteiger partial charge is 0.238 e. The number of nitrogens with one attached hydrogen (secondary N) is 2. The lowest BCUT2D eigenvalue weighted by molar-refractivity contribution is -0.120. The molecule has 2 saturated carbocycles. The average molecular weight is 374 g/mol. The highest BCUT2D eigenvalue weighted by molar-refractivity contribution is 8.00. The fraction of sp³-hybridized carbons (Fsp3) is 0.526. The van der Waals surface area contributed by atoms with Crippen molar-refractivity contribution in [1.29, 1.82) is 0 Å². The summed E-state index contributed by atoms with van der Waals surface area (Å²) in [4.78, 5) is 17.3. The number of thioether (sulfide) groups is 1. The Balaban J connectivity index is 1.47. The number of aromatic nitrogens is 3. The quantitative estimate of drug-likeness (QED) is 0.724. The van der Waals surface area contributed by atoms with Crippen molar-refractivity contribution < 1.29 is 9.18 Å². The van der Waals surface area contributed by atoms with Gasteiger partial charge >= 0.3 is 0 Å². The van der Waals surface area contributed by atoms with Crippen LogP contribution in [0.1, 0.15) is 55.2 Å². The second-order valence-electron chi connectivity index (χ2n) is 7.25. The Hall–Kier alpha value is -1.89. The first-order valence-electron chi connectivity index (χ1n) is 9.31. The summed E-state index contributed by atoms with van der Waals surface area (Å²) < 4.78 is 13.3. The molecule has 26 heavy (non-hydrogen) atoms. The zero-order valence-electron chi connectivity index (χ0n) is 14.6. The lowest BCUT2D eigenvalue weighted by Crippen LogP contribution is -2.29. The summed E-state index contributed by atoms with van der Waals surface area (Å²) in [6, 6.07) is 6.36. The van der Waals surface area contributed by atoms with Crippen LogP contribution in [0.2, 0.25) is 0 Å². The van der Waals surface area contributed by atoms with Gasteiger partial charge in [-0.25, -0.2) is 9.37 Å². The molecule has 138 valence electrons. The van der Waals surface area contributed by atoms with Crippen molar-refractivity contribution in [2.45, 2.75) is 61.4 Å². The number of aromatic amines is 1. The molecular formula is C19H23FN4OS. The number of hydrogen-bond acceptors (Lipinski definition) is 4. The van der Waals surface area contributed by atoms with E-state index in [0.717, 1.165) is 30.7 Å². The van der Waals surface area contributed by atoms with E-state index in [1.54, 1.807) is 12.1 Å². The summed E-state index contributed by atoms with van der Waals surface area (Å²) in [6.45, 7) is 0. The van der Waals surface area contributed by atoms with Gasteiger partial charge in [-0.05, 0) is 36.5 Å². The highest BCUT2D eigenvalue weighted by Crippen LogP contribution is 2.35. The molecule has 2 aliphatic carbocycles. The lowest BCUT2D eigenvalue weighted by Gasteiger charge is -2.15. The highest BCUT2D eigenvalue weighted by Gasteiger charge is 2.30. The van der Waals surface area contributed by atoms with Crippen LogP contribution >= 0.6 is 11.8 Å². The van der Waals surface area contributed by atoms with E-state index in [1.807, 2.05) is 0 Å². The summed E-state index contributed by atoms with van der Waals surface area (Å²) in [5, 5.41) is 10.4. The van der Waals surface area contributed by atoms with E-state index in [4.69, 9.17) is 0 Å². The van der Waals surface area contributed by atoms with E-state index < -0.39 is 5.25 Å². The normalized spacial score (nSPS) is 18.8. The van der Waals surface area contributed by atoms with Crippen LogP contribution in [0.3, 0.4) is 0 Å². The Labute approximate surface area is 156 Å². The second-order valence-corrected chi connectivity index (χ2v) is 8.32. The van der Waals surface area contributed by atoms with E-state index >= 15 is 0 Å². The summed E-state index contributed by atoms with van der Waals surface area (Å²) in [5.41, 5.74) is 0.761. The van der Waals surface area contributed by atoms with Gasteiger partial charge in [-0.2, -0.15) is 0 Å². The zero-order valence-corrected chi connectivity index (χ0v) is 15.4. The number of amides is 1. The Morgan fingerprint density at radius 3 is 2.65 bits per heavy atom. The minimum absolute atomic E-state index is 0.0637. The maximum absolute atomic E-state index is 13.3. The largest absolute Gasteiger partial charge is 0.352 e. The Morgan fingerprint density at radius 1 is 1.23 bits per heavy atom. The highest BCUT2D eigenvalue weighted by atomic mass is 32.2. The van der Waals surface area contributed by atoms with E-state index in [2.05, 4.69) is 20.5 Å². The molecule has 1 aromatic heterocycles. The van der Waals surface area contributed by atoms with Gasteiger partial charge in [-0.3, -0.25) is 9.89 Å². The lowest BCUT2D eigenvalue weighted by atomic mass is 10.0. The number of nitrogens with zero attached hydrogens (tertiary/aromatic N) is 2. The van der Waals surface area contributed by atoms with Crippen molar-refractivity contribution >= 4 is 17.7 Å². The first-order valence-corrected chi connectivity index (χ1v) is 10.2. The Bertz CT molecular complexity index is 753. The second kappa shape index (κ2) is 7.78. The molecule has 2 aromatic rings. The third-order valence-electron chi connectivity index (χ3n) is 5.03. The molecule has 2 aliphatic rings. The molecule has 1 unspecified atom stereocenters. The molecule has 1 aromatic carbocycles. The minimum Gasteiger partial charge on any atom is -0.352 e. The van der Waals surface area contributed by atoms with E-state index in [-0.39, 0.29) is 17.8 Å². The van der Waals surface area contributed by atoms with Crippen LogP contribution < -0.4 is 5.32 Å². The molecule has 1 heterocycles. The number of rotatable bonds is 7. The SMILES string of the molecule is O=C(NC1CC1)C(Sc1n[nH]c(CC2CCCC2)n1)c1ccc(F)cc1. The number of carbonyl (C=O) groups is 1. The van der Waals surface area contributed by atoms with Gasteiger partial charge in [0, 0.05) is 12.5 Å². The number of hydrogen-bond donors (Lipinski definition) is 2. The van der Waals surface area contributed by atoms with Gasteiger partial charge in [-0.15, -0.1) is 5.10 Å². The van der Waals surface area contributed by atoms with Crippen LogP contribution in [0.5, 0.6) is 0 Å². The van der Waals surface area contributed by atoms with E-state index in [0.29, 0.717) is 11.1 Å². The summed E-state index contributed by atoms with van der Waals surface area (Å²) >= 11 is 1.32. The van der Waals surface area contributed by atoms with Gasteiger partial charge in [0.2, 0.25) is 11.1 Å². The summed E-state index contributed by atoms with van der Waals surface area (Å²) in [6.07, 6.45) is 8.08. The average Bonchev–Trinajstić information content (AvgIpc) is 3.11. The van der Waals surface area contributed by atoms with Crippen LogP contribution in [0.4, 0.5) is 4.39 Å². The van der Waals surface area contributed by atoms with Crippen LogP contribution in [0.15, 0.2) is 29.4 Å². The molecular weight excluding hydrogens is 351 g/mol. The first kappa shape index (κ1) is 17.5. The number of H-pyrrole nitrogens is 1. The third kappa shape index (κ3) is 4.44. The molecule has 0 radical (unpaired) electrons. The van der Waals surface area contributed by atoms with Gasteiger partial charge in [0.15, 0.2) is 0 Å². The molecule has 7 heteroatoms. The number of benzene rings is 1. The van der Waals surface area contributed by atoms with Gasteiger partial charge in [-0.1, -0.05) is 49.6 Å². The molecule has 0 spiro atoms. The maximum Gasteiger partial charge on any atom is 0.238 e. The minimum atomic E-state index is -0.480. The van der Waals surface area contributed by atoms with E-state index in [9.17, 15) is 9.18 Å². The van der Waals surface area contributed by atoms with Crippen molar-refractivity contribution in [1.82, 2.24) is 20.5 Å². The zero-order chi connectivity index (χ0) is 17.9. The van der Waals surface area contributed by atoms with Crippen LogP contribution in [-0.2, 0) is 11.2 Å².